The minimum absolute atomic E-state index is 0.139. The van der Waals surface area contributed by atoms with Gasteiger partial charge in [-0.2, -0.15) is 0 Å². The number of carbonyl (C=O) groups is 1. The van der Waals surface area contributed by atoms with Crippen LogP contribution in [-0.2, 0) is 11.2 Å². The van der Waals surface area contributed by atoms with Gasteiger partial charge in [-0.1, -0.05) is 20.8 Å². The van der Waals surface area contributed by atoms with Crippen LogP contribution >= 0.6 is 0 Å². The third-order valence-corrected chi connectivity index (χ3v) is 5.56. The number of aromatic nitrogens is 1. The molecule has 1 aliphatic rings. The molecule has 1 aliphatic heterocycles. The Morgan fingerprint density at radius 3 is 2.60 bits per heavy atom. The first-order valence-corrected chi connectivity index (χ1v) is 9.99. The van der Waals surface area contributed by atoms with Crippen molar-refractivity contribution in [2.24, 2.45) is 5.41 Å². The summed E-state index contributed by atoms with van der Waals surface area (Å²) in [7, 11) is 1.64. The van der Waals surface area contributed by atoms with Crippen LogP contribution in [0.2, 0.25) is 0 Å². The molecule has 0 bridgehead atoms. The lowest BCUT2D eigenvalue weighted by Crippen LogP contribution is -2.34. The lowest BCUT2D eigenvalue weighted by Gasteiger charge is -2.39. The number of hydrogen-bond donors (Lipinski definition) is 1. The number of fused-ring (bicyclic) bond motifs is 3. The van der Waals surface area contributed by atoms with E-state index in [0.717, 1.165) is 23.3 Å². The van der Waals surface area contributed by atoms with Gasteiger partial charge >= 0.3 is 5.97 Å². The number of benzene rings is 1. The molecule has 3 rings (SSSR count). The van der Waals surface area contributed by atoms with Crippen LogP contribution in [0.4, 0.5) is 4.39 Å². The summed E-state index contributed by atoms with van der Waals surface area (Å²) in [5, 5.41) is 9.37. The van der Waals surface area contributed by atoms with Gasteiger partial charge in [-0.15, -0.1) is 0 Å². The second-order valence-electron chi connectivity index (χ2n) is 8.80. The second-order valence-corrected chi connectivity index (χ2v) is 8.80. The van der Waals surface area contributed by atoms with Crippen LogP contribution in [0.15, 0.2) is 23.1 Å². The molecular weight excluding hydrogens is 389 g/mol. The van der Waals surface area contributed by atoms with Crippen LogP contribution < -0.4 is 10.2 Å². The van der Waals surface area contributed by atoms with Gasteiger partial charge in [-0.05, 0) is 42.0 Å². The molecule has 0 spiro atoms. The normalized spacial score (nSPS) is 15.5. The van der Waals surface area contributed by atoms with Crippen molar-refractivity contribution in [3.05, 3.63) is 51.1 Å². The van der Waals surface area contributed by atoms with Gasteiger partial charge in [0.15, 0.2) is 5.82 Å². The van der Waals surface area contributed by atoms with Gasteiger partial charge in [-0.25, -0.2) is 9.18 Å². The Hall–Kier alpha value is -2.67. The lowest BCUT2D eigenvalue weighted by atomic mass is 9.78. The Morgan fingerprint density at radius 1 is 1.30 bits per heavy atom. The number of aromatic carboxylic acids is 1. The molecular formula is C23H28FNO5. The highest BCUT2D eigenvalue weighted by atomic mass is 19.1. The van der Waals surface area contributed by atoms with Crippen molar-refractivity contribution in [1.29, 1.82) is 0 Å². The number of ether oxygens (including phenoxy) is 2. The number of carboxylic acids is 1. The van der Waals surface area contributed by atoms with E-state index in [2.05, 4.69) is 0 Å². The zero-order valence-corrected chi connectivity index (χ0v) is 18.0. The minimum atomic E-state index is -1.43. The number of pyridine rings is 1. The SMILES string of the molecule is COCCCOc1cc2c(cc1C)-c1c(F)c(=O)c(C(=O)O)cn1[C@H](C(C)(C)C)C2. The van der Waals surface area contributed by atoms with E-state index in [1.807, 2.05) is 39.8 Å². The minimum Gasteiger partial charge on any atom is -0.493 e. The first-order valence-electron chi connectivity index (χ1n) is 9.99. The Labute approximate surface area is 175 Å². The Balaban J connectivity index is 2.18. The van der Waals surface area contributed by atoms with Crippen LogP contribution in [0, 0.1) is 18.2 Å². The summed E-state index contributed by atoms with van der Waals surface area (Å²) in [6, 6.07) is 3.50. The Bertz CT molecular complexity index is 1040. The summed E-state index contributed by atoms with van der Waals surface area (Å²) in [5.41, 5.74) is 0.498. The monoisotopic (exact) mass is 417 g/mol. The number of hydrogen-bond acceptors (Lipinski definition) is 4. The van der Waals surface area contributed by atoms with Crippen LogP contribution in [0.1, 0.15) is 54.7 Å². The van der Waals surface area contributed by atoms with E-state index < -0.39 is 22.8 Å². The molecule has 0 amide bonds. The largest absolute Gasteiger partial charge is 0.493 e. The topological polar surface area (TPSA) is 77.8 Å². The summed E-state index contributed by atoms with van der Waals surface area (Å²) in [4.78, 5) is 23.9. The van der Waals surface area contributed by atoms with E-state index in [1.54, 1.807) is 11.7 Å². The fourth-order valence-electron chi connectivity index (χ4n) is 3.95. The van der Waals surface area contributed by atoms with E-state index in [4.69, 9.17) is 9.47 Å². The van der Waals surface area contributed by atoms with Crippen molar-refractivity contribution in [3.8, 4) is 17.0 Å². The van der Waals surface area contributed by atoms with Crippen molar-refractivity contribution < 1.29 is 23.8 Å². The highest BCUT2D eigenvalue weighted by Crippen LogP contribution is 2.44. The average Bonchev–Trinajstić information content (AvgIpc) is 2.66. The highest BCUT2D eigenvalue weighted by molar-refractivity contribution is 5.88. The molecule has 1 aromatic carbocycles. The van der Waals surface area contributed by atoms with Gasteiger partial charge in [0.2, 0.25) is 5.43 Å². The zero-order valence-electron chi connectivity index (χ0n) is 18.0. The highest BCUT2D eigenvalue weighted by Gasteiger charge is 2.36. The third kappa shape index (κ3) is 3.99. The first kappa shape index (κ1) is 22.0. The summed E-state index contributed by atoms with van der Waals surface area (Å²) >= 11 is 0. The molecule has 1 atom stereocenters. The summed E-state index contributed by atoms with van der Waals surface area (Å²) in [6.45, 7) is 9.01. The molecule has 0 saturated heterocycles. The molecule has 1 aromatic heterocycles. The van der Waals surface area contributed by atoms with Gasteiger partial charge in [-0.3, -0.25) is 4.79 Å². The smallest absolute Gasteiger partial charge is 0.341 e. The molecule has 2 aromatic rings. The molecule has 0 saturated carbocycles. The maximum Gasteiger partial charge on any atom is 0.341 e. The zero-order chi connectivity index (χ0) is 22.2. The predicted molar refractivity (Wildman–Crippen MR) is 112 cm³/mol. The Morgan fingerprint density at radius 2 is 2.00 bits per heavy atom. The maximum atomic E-state index is 15.2. The predicted octanol–water partition coefficient (Wildman–Crippen LogP) is 4.22. The number of halogens is 1. The van der Waals surface area contributed by atoms with E-state index >= 15 is 4.39 Å². The van der Waals surface area contributed by atoms with Crippen LogP contribution in [0.5, 0.6) is 5.75 Å². The van der Waals surface area contributed by atoms with E-state index in [-0.39, 0.29) is 17.2 Å². The summed E-state index contributed by atoms with van der Waals surface area (Å²) in [6.07, 6.45) is 2.61. The number of nitrogens with zero attached hydrogens (tertiary/aromatic N) is 1. The molecule has 6 nitrogen and oxygen atoms in total. The van der Waals surface area contributed by atoms with Crippen LogP contribution in [-0.4, -0.2) is 36.0 Å². The number of rotatable bonds is 6. The molecule has 7 heteroatoms. The third-order valence-electron chi connectivity index (χ3n) is 5.56. The first-order chi connectivity index (χ1) is 14.1. The standard InChI is InChI=1S/C23H28FNO5/c1-13-9-15-14(10-17(13)30-8-6-7-29-5)11-18(23(2,3)4)25-12-16(22(27)28)21(26)19(24)20(15)25/h9-10,12,18H,6-8,11H2,1-5H3,(H,27,28)/t18-/m0/s1. The maximum absolute atomic E-state index is 15.2. The van der Waals surface area contributed by atoms with E-state index in [0.29, 0.717) is 25.2 Å². The van der Waals surface area contributed by atoms with Gasteiger partial charge < -0.3 is 19.1 Å². The molecule has 0 unspecified atom stereocenters. The summed E-state index contributed by atoms with van der Waals surface area (Å²) < 4.78 is 27.8. The van der Waals surface area contributed by atoms with Gasteiger partial charge in [0.05, 0.1) is 12.3 Å². The molecule has 1 N–H and O–H groups in total. The van der Waals surface area contributed by atoms with Gasteiger partial charge in [0.25, 0.3) is 0 Å². The lowest BCUT2D eigenvalue weighted by molar-refractivity contribution is 0.0692. The molecule has 2 heterocycles. The number of methoxy groups -OCH3 is 1. The Kier molecular flexibility index (Phi) is 6.04. The molecule has 0 fully saturated rings. The van der Waals surface area contributed by atoms with Crippen molar-refractivity contribution in [2.75, 3.05) is 20.3 Å². The number of carboxylic acid groups (broad SMARTS) is 1. The number of aryl methyl sites for hydroxylation is 1. The van der Waals surface area contributed by atoms with Crippen LogP contribution in [0.25, 0.3) is 11.3 Å². The van der Waals surface area contributed by atoms with Crippen LogP contribution in [0.3, 0.4) is 0 Å². The van der Waals surface area contributed by atoms with Crippen molar-refractivity contribution in [2.45, 2.75) is 46.6 Å². The fourth-order valence-corrected chi connectivity index (χ4v) is 3.95. The quantitative estimate of drug-likeness (QED) is 0.712. The summed E-state index contributed by atoms with van der Waals surface area (Å²) in [5.74, 6) is -1.74. The van der Waals surface area contributed by atoms with Crippen molar-refractivity contribution in [1.82, 2.24) is 4.57 Å². The molecule has 30 heavy (non-hydrogen) atoms. The molecule has 162 valence electrons. The van der Waals surface area contributed by atoms with Gasteiger partial charge in [0, 0.05) is 37.9 Å². The second kappa shape index (κ2) is 8.22. The fraction of sp³-hybridized carbons (Fsp3) is 0.478. The van der Waals surface area contributed by atoms with E-state index in [1.165, 1.54) is 6.20 Å². The molecule has 0 radical (unpaired) electrons. The van der Waals surface area contributed by atoms with Crippen molar-refractivity contribution in [3.63, 3.8) is 0 Å². The van der Waals surface area contributed by atoms with Gasteiger partial charge in [0.1, 0.15) is 11.3 Å². The van der Waals surface area contributed by atoms with Crippen molar-refractivity contribution >= 4 is 5.97 Å². The molecule has 0 aliphatic carbocycles. The van der Waals surface area contributed by atoms with E-state index in [9.17, 15) is 14.7 Å². The average molecular weight is 417 g/mol.